The smallest absolute Gasteiger partial charge is 0.236 e. The molecule has 1 fully saturated rings. The highest BCUT2D eigenvalue weighted by atomic mass is 35.5. The molecule has 26 heavy (non-hydrogen) atoms. The summed E-state index contributed by atoms with van der Waals surface area (Å²) in [6, 6.07) is 15.2. The van der Waals surface area contributed by atoms with Crippen molar-refractivity contribution < 1.29 is 9.53 Å². The lowest BCUT2D eigenvalue weighted by atomic mass is 9.95. The second kappa shape index (κ2) is 6.74. The number of anilines is 1. The van der Waals surface area contributed by atoms with Crippen LogP contribution in [0.15, 0.2) is 53.9 Å². The Hall–Kier alpha value is -2.37. The molecule has 1 heterocycles. The van der Waals surface area contributed by atoms with Crippen LogP contribution in [0.2, 0.25) is 5.02 Å². The summed E-state index contributed by atoms with van der Waals surface area (Å²) in [4.78, 5) is 17.4. The number of benzene rings is 2. The summed E-state index contributed by atoms with van der Waals surface area (Å²) in [6.07, 6.45) is 1.70. The lowest BCUT2D eigenvalue weighted by molar-refractivity contribution is -0.118. The molecule has 1 N–H and O–H groups in total. The lowest BCUT2D eigenvalue weighted by Crippen LogP contribution is -2.27. The van der Waals surface area contributed by atoms with E-state index in [0.717, 1.165) is 35.4 Å². The summed E-state index contributed by atoms with van der Waals surface area (Å²) in [5, 5.41) is 6.22. The lowest BCUT2D eigenvalue weighted by Gasteiger charge is -2.15. The third kappa shape index (κ3) is 3.20. The molecule has 1 aromatic heterocycles. The maximum atomic E-state index is 12.8. The molecule has 1 aliphatic rings. The first-order valence-corrected chi connectivity index (χ1v) is 9.54. The number of hydrogen-bond acceptors (Lipinski definition) is 4. The van der Waals surface area contributed by atoms with E-state index in [1.165, 1.54) is 11.3 Å². The number of methoxy groups -OCH3 is 1. The molecular formula is C20H17ClN2O2S. The molecule has 0 unspecified atom stereocenters. The van der Waals surface area contributed by atoms with Crippen molar-refractivity contribution in [2.45, 2.75) is 18.3 Å². The number of amides is 1. The Bertz CT molecular complexity index is 931. The van der Waals surface area contributed by atoms with Crippen LogP contribution in [0.1, 0.15) is 18.4 Å². The van der Waals surface area contributed by atoms with Gasteiger partial charge in [-0.05, 0) is 42.7 Å². The second-order valence-electron chi connectivity index (χ2n) is 6.31. The summed E-state index contributed by atoms with van der Waals surface area (Å²) in [6.45, 7) is 0. The third-order valence-electron chi connectivity index (χ3n) is 4.69. The van der Waals surface area contributed by atoms with Gasteiger partial charge in [0.05, 0.1) is 18.2 Å². The van der Waals surface area contributed by atoms with E-state index < -0.39 is 5.41 Å². The maximum Gasteiger partial charge on any atom is 0.236 e. The molecule has 6 heteroatoms. The largest absolute Gasteiger partial charge is 0.497 e. The molecule has 4 rings (SSSR count). The number of nitrogens with one attached hydrogen (secondary N) is 1. The van der Waals surface area contributed by atoms with Crippen molar-refractivity contribution in [1.82, 2.24) is 4.98 Å². The fraction of sp³-hybridized carbons (Fsp3) is 0.200. The first-order valence-electron chi connectivity index (χ1n) is 8.28. The second-order valence-corrected chi connectivity index (χ2v) is 7.60. The molecule has 0 bridgehead atoms. The Morgan fingerprint density at radius 2 is 1.85 bits per heavy atom. The van der Waals surface area contributed by atoms with Gasteiger partial charge in [0.25, 0.3) is 0 Å². The van der Waals surface area contributed by atoms with Crippen LogP contribution in [-0.4, -0.2) is 18.0 Å². The standard InChI is InChI=1S/C20H17ClN2O2S/c1-25-16-8-4-14(5-9-16)20(10-11-20)18(24)23-19-22-17(12-26-19)13-2-6-15(21)7-3-13/h2-9,12H,10-11H2,1H3,(H,22,23,24). The van der Waals surface area contributed by atoms with Crippen LogP contribution in [0.4, 0.5) is 5.13 Å². The maximum absolute atomic E-state index is 12.8. The summed E-state index contributed by atoms with van der Waals surface area (Å²) in [5.74, 6) is 0.789. The molecule has 1 amide bonds. The van der Waals surface area contributed by atoms with Crippen LogP contribution in [0.5, 0.6) is 5.75 Å². The summed E-state index contributed by atoms with van der Waals surface area (Å²) >= 11 is 7.35. The van der Waals surface area contributed by atoms with Crippen LogP contribution >= 0.6 is 22.9 Å². The molecule has 1 aliphatic carbocycles. The van der Waals surface area contributed by atoms with Crippen molar-refractivity contribution in [1.29, 1.82) is 0 Å². The molecule has 3 aromatic rings. The minimum absolute atomic E-state index is 0.000303. The van der Waals surface area contributed by atoms with E-state index in [0.29, 0.717) is 10.2 Å². The van der Waals surface area contributed by atoms with E-state index in [2.05, 4.69) is 10.3 Å². The van der Waals surface area contributed by atoms with Crippen molar-refractivity contribution in [2.24, 2.45) is 0 Å². The van der Waals surface area contributed by atoms with Crippen molar-refractivity contribution in [3.05, 3.63) is 64.5 Å². The zero-order valence-electron chi connectivity index (χ0n) is 14.2. The van der Waals surface area contributed by atoms with Crippen molar-refractivity contribution in [2.75, 3.05) is 12.4 Å². The Labute approximate surface area is 160 Å². The van der Waals surface area contributed by atoms with Gasteiger partial charge in [0.15, 0.2) is 5.13 Å². The fourth-order valence-electron chi connectivity index (χ4n) is 2.98. The van der Waals surface area contributed by atoms with Crippen LogP contribution in [0, 0.1) is 0 Å². The Kier molecular flexibility index (Phi) is 4.42. The zero-order chi connectivity index (χ0) is 18.1. The minimum Gasteiger partial charge on any atom is -0.497 e. The van der Waals surface area contributed by atoms with Crippen LogP contribution in [0.3, 0.4) is 0 Å². The van der Waals surface area contributed by atoms with Crippen molar-refractivity contribution in [3.8, 4) is 17.0 Å². The number of aromatic nitrogens is 1. The highest BCUT2D eigenvalue weighted by molar-refractivity contribution is 7.14. The number of carbonyl (C=O) groups excluding carboxylic acids is 1. The normalized spacial score (nSPS) is 14.7. The fourth-order valence-corrected chi connectivity index (χ4v) is 3.82. The third-order valence-corrected chi connectivity index (χ3v) is 5.70. The van der Waals surface area contributed by atoms with Crippen LogP contribution < -0.4 is 10.1 Å². The molecule has 0 aliphatic heterocycles. The number of ether oxygens (including phenoxy) is 1. The van der Waals surface area contributed by atoms with Gasteiger partial charge < -0.3 is 10.1 Å². The minimum atomic E-state index is -0.446. The van der Waals surface area contributed by atoms with Gasteiger partial charge in [-0.3, -0.25) is 4.79 Å². The van der Waals surface area contributed by atoms with Gasteiger partial charge in [-0.2, -0.15) is 0 Å². The first-order chi connectivity index (χ1) is 12.6. The topological polar surface area (TPSA) is 51.2 Å². The SMILES string of the molecule is COc1ccc(C2(C(=O)Nc3nc(-c4ccc(Cl)cc4)cs3)CC2)cc1. The highest BCUT2D eigenvalue weighted by Crippen LogP contribution is 2.49. The van der Waals surface area contributed by atoms with Crippen molar-refractivity contribution in [3.63, 3.8) is 0 Å². The Morgan fingerprint density at radius 1 is 1.15 bits per heavy atom. The van der Waals surface area contributed by atoms with Crippen LogP contribution in [-0.2, 0) is 10.2 Å². The number of hydrogen-bond donors (Lipinski definition) is 1. The van der Waals surface area contributed by atoms with Gasteiger partial charge in [0, 0.05) is 16.0 Å². The number of halogens is 1. The van der Waals surface area contributed by atoms with E-state index in [-0.39, 0.29) is 5.91 Å². The molecule has 2 aromatic carbocycles. The number of nitrogens with zero attached hydrogens (tertiary/aromatic N) is 1. The van der Waals surface area contributed by atoms with Gasteiger partial charge in [0.2, 0.25) is 5.91 Å². The quantitative estimate of drug-likeness (QED) is 0.662. The van der Waals surface area contributed by atoms with E-state index in [4.69, 9.17) is 16.3 Å². The molecule has 0 spiro atoms. The van der Waals surface area contributed by atoms with E-state index in [1.54, 1.807) is 7.11 Å². The van der Waals surface area contributed by atoms with Crippen LogP contribution in [0.25, 0.3) is 11.3 Å². The molecule has 0 saturated heterocycles. The predicted molar refractivity (Wildman–Crippen MR) is 105 cm³/mol. The number of carbonyl (C=O) groups is 1. The summed E-state index contributed by atoms with van der Waals surface area (Å²) in [5.41, 5.74) is 2.38. The predicted octanol–water partition coefficient (Wildman–Crippen LogP) is 5.14. The Morgan fingerprint density at radius 3 is 2.46 bits per heavy atom. The zero-order valence-corrected chi connectivity index (χ0v) is 15.7. The molecule has 4 nitrogen and oxygen atoms in total. The molecule has 132 valence electrons. The van der Waals surface area contributed by atoms with Gasteiger partial charge in [-0.25, -0.2) is 4.98 Å². The monoisotopic (exact) mass is 384 g/mol. The Balaban J connectivity index is 1.50. The average Bonchev–Trinajstić information content (AvgIpc) is 3.36. The van der Waals surface area contributed by atoms with E-state index in [9.17, 15) is 4.79 Å². The van der Waals surface area contributed by atoms with Gasteiger partial charge in [-0.15, -0.1) is 11.3 Å². The number of thiazole rings is 1. The van der Waals surface area contributed by atoms with Gasteiger partial charge >= 0.3 is 0 Å². The van der Waals surface area contributed by atoms with Crippen molar-refractivity contribution >= 4 is 34.0 Å². The summed E-state index contributed by atoms with van der Waals surface area (Å²) in [7, 11) is 1.63. The van der Waals surface area contributed by atoms with E-state index >= 15 is 0 Å². The number of rotatable bonds is 5. The molecule has 0 radical (unpaired) electrons. The molecule has 0 atom stereocenters. The molecule has 1 saturated carbocycles. The summed E-state index contributed by atoms with van der Waals surface area (Å²) < 4.78 is 5.19. The van der Waals surface area contributed by atoms with E-state index in [1.807, 2.05) is 53.9 Å². The van der Waals surface area contributed by atoms with Gasteiger partial charge in [0.1, 0.15) is 5.75 Å². The molecular weight excluding hydrogens is 368 g/mol. The highest BCUT2D eigenvalue weighted by Gasteiger charge is 2.51. The first kappa shape index (κ1) is 17.1. The average molecular weight is 385 g/mol. The van der Waals surface area contributed by atoms with Gasteiger partial charge in [-0.1, -0.05) is 35.9 Å².